The fraction of sp³-hybridized carbons (Fsp3) is 0.211. The van der Waals surface area contributed by atoms with Gasteiger partial charge in [-0.2, -0.15) is 0 Å². The third kappa shape index (κ3) is 3.74. The van der Waals surface area contributed by atoms with Crippen LogP contribution in [0.25, 0.3) is 0 Å². The van der Waals surface area contributed by atoms with E-state index in [9.17, 15) is 9.18 Å². The van der Waals surface area contributed by atoms with Gasteiger partial charge >= 0.3 is 0 Å². The number of likely N-dealkylation sites (tertiary alicyclic amines) is 1. The van der Waals surface area contributed by atoms with Crippen molar-refractivity contribution in [1.82, 2.24) is 24.8 Å². The van der Waals surface area contributed by atoms with Crippen LogP contribution in [0.4, 0.5) is 16.2 Å². The van der Waals surface area contributed by atoms with E-state index in [1.54, 1.807) is 29.7 Å². The van der Waals surface area contributed by atoms with Crippen molar-refractivity contribution in [2.45, 2.75) is 18.9 Å². The Morgan fingerprint density at radius 1 is 1.11 bits per heavy atom. The van der Waals surface area contributed by atoms with Gasteiger partial charge in [-0.1, -0.05) is 0 Å². The molecule has 1 saturated heterocycles. The number of nitrogens with zero attached hydrogens (tertiary/aromatic N) is 5. The summed E-state index contributed by atoms with van der Waals surface area (Å²) in [4.78, 5) is 31.5. The second-order valence-electron chi connectivity index (χ2n) is 6.18. The second kappa shape index (κ2) is 7.45. The molecule has 0 aliphatic carbocycles. The van der Waals surface area contributed by atoms with Gasteiger partial charge in [0.2, 0.25) is 5.95 Å². The molecule has 1 N–H and O–H groups in total. The van der Waals surface area contributed by atoms with Crippen LogP contribution in [0, 0.1) is 5.82 Å². The fourth-order valence-corrected chi connectivity index (χ4v) is 3.17. The van der Waals surface area contributed by atoms with Gasteiger partial charge in [0.1, 0.15) is 5.82 Å². The van der Waals surface area contributed by atoms with E-state index in [1.165, 1.54) is 24.3 Å². The van der Waals surface area contributed by atoms with Crippen molar-refractivity contribution in [3.63, 3.8) is 0 Å². The summed E-state index contributed by atoms with van der Waals surface area (Å²) >= 11 is 0. The normalized spacial score (nSPS) is 16.3. The molecule has 136 valence electrons. The second-order valence-corrected chi connectivity index (χ2v) is 6.18. The summed E-state index contributed by atoms with van der Waals surface area (Å²) in [6.07, 6.45) is 8.09. The summed E-state index contributed by atoms with van der Waals surface area (Å²) in [5.41, 5.74) is 1.22. The first kappa shape index (κ1) is 17.0. The molecule has 0 radical (unpaired) electrons. The van der Waals surface area contributed by atoms with Crippen molar-refractivity contribution in [2.24, 2.45) is 0 Å². The minimum Gasteiger partial charge on any atom is -0.330 e. The van der Waals surface area contributed by atoms with Crippen LogP contribution >= 0.6 is 0 Å². The molecule has 0 bridgehead atoms. The molecule has 4 rings (SSSR count). The van der Waals surface area contributed by atoms with Gasteiger partial charge in [0.05, 0.1) is 17.9 Å². The van der Waals surface area contributed by atoms with Crippen LogP contribution in [-0.4, -0.2) is 37.3 Å². The van der Waals surface area contributed by atoms with Crippen LogP contribution in [0.2, 0.25) is 0 Å². The first-order chi connectivity index (χ1) is 13.2. The molecule has 1 atom stereocenters. The van der Waals surface area contributed by atoms with Crippen molar-refractivity contribution >= 4 is 17.7 Å². The van der Waals surface area contributed by atoms with E-state index in [1.807, 2.05) is 6.07 Å². The average Bonchev–Trinajstić information content (AvgIpc) is 3.19. The smallest absolute Gasteiger partial charge is 0.254 e. The maximum absolute atomic E-state index is 13.1. The van der Waals surface area contributed by atoms with Crippen LogP contribution < -0.4 is 5.32 Å². The Bertz CT molecular complexity index is 934. The SMILES string of the molecule is O=C(c1ccc(F)cc1)N1CCCC1c1ccnc(Nc2cnccn2)n1. The minimum atomic E-state index is -0.361. The van der Waals surface area contributed by atoms with Crippen LogP contribution in [0.5, 0.6) is 0 Å². The van der Waals surface area contributed by atoms with Crippen LogP contribution in [0.1, 0.15) is 34.9 Å². The number of carbonyl (C=O) groups excluding carboxylic acids is 1. The quantitative estimate of drug-likeness (QED) is 0.766. The Balaban J connectivity index is 1.56. The summed E-state index contributed by atoms with van der Waals surface area (Å²) in [6.45, 7) is 0.637. The molecule has 8 heteroatoms. The molecular weight excluding hydrogens is 347 g/mol. The van der Waals surface area contributed by atoms with Crippen molar-refractivity contribution in [3.8, 4) is 0 Å². The number of hydrogen-bond acceptors (Lipinski definition) is 6. The van der Waals surface area contributed by atoms with Gasteiger partial charge in [-0.3, -0.25) is 9.78 Å². The lowest BCUT2D eigenvalue weighted by Gasteiger charge is -2.24. The molecule has 1 aromatic carbocycles. The molecule has 7 nitrogen and oxygen atoms in total. The standard InChI is InChI=1S/C19H17FN6O/c20-14-5-3-13(4-6-14)18(27)26-11-1-2-16(26)15-7-8-23-19(24-15)25-17-12-21-9-10-22-17/h3-10,12,16H,1-2,11H2,(H,22,23,24,25). The third-order valence-electron chi connectivity index (χ3n) is 4.43. The highest BCUT2D eigenvalue weighted by Gasteiger charge is 2.31. The van der Waals surface area contributed by atoms with E-state index in [4.69, 9.17) is 0 Å². The van der Waals surface area contributed by atoms with Crippen LogP contribution in [-0.2, 0) is 0 Å². The van der Waals surface area contributed by atoms with Crippen molar-refractivity contribution in [2.75, 3.05) is 11.9 Å². The van der Waals surface area contributed by atoms with Crippen LogP contribution in [0.15, 0.2) is 55.1 Å². The van der Waals surface area contributed by atoms with Gasteiger partial charge in [-0.15, -0.1) is 0 Å². The minimum absolute atomic E-state index is 0.125. The Morgan fingerprint density at radius 3 is 2.74 bits per heavy atom. The fourth-order valence-electron chi connectivity index (χ4n) is 3.17. The third-order valence-corrected chi connectivity index (χ3v) is 4.43. The number of aromatic nitrogens is 4. The predicted octanol–water partition coefficient (Wildman–Crippen LogP) is 3.13. The number of carbonyl (C=O) groups is 1. The van der Waals surface area contributed by atoms with Crippen molar-refractivity contribution in [3.05, 3.63) is 72.2 Å². The van der Waals surface area contributed by atoms with Gasteiger partial charge < -0.3 is 10.2 Å². The number of benzene rings is 1. The number of anilines is 2. The Labute approximate surface area is 155 Å². The maximum Gasteiger partial charge on any atom is 0.254 e. The lowest BCUT2D eigenvalue weighted by Crippen LogP contribution is -2.31. The monoisotopic (exact) mass is 364 g/mol. The van der Waals surface area contributed by atoms with Crippen molar-refractivity contribution < 1.29 is 9.18 Å². The highest BCUT2D eigenvalue weighted by molar-refractivity contribution is 5.94. The van der Waals surface area contributed by atoms with Gasteiger partial charge in [-0.05, 0) is 43.2 Å². The summed E-state index contributed by atoms with van der Waals surface area (Å²) in [6, 6.07) is 7.27. The Hall–Kier alpha value is -3.42. The highest BCUT2D eigenvalue weighted by Crippen LogP contribution is 2.32. The molecule has 0 saturated carbocycles. The summed E-state index contributed by atoms with van der Waals surface area (Å²) in [5.74, 6) is 0.453. The zero-order valence-corrected chi connectivity index (χ0v) is 14.4. The molecule has 1 aliphatic rings. The zero-order chi connectivity index (χ0) is 18.6. The van der Waals surface area contributed by atoms with Crippen molar-refractivity contribution in [1.29, 1.82) is 0 Å². The van der Waals surface area contributed by atoms with E-state index in [0.29, 0.717) is 23.9 Å². The lowest BCUT2D eigenvalue weighted by molar-refractivity contribution is 0.0733. The molecule has 1 aliphatic heterocycles. The number of halogens is 1. The maximum atomic E-state index is 13.1. The van der Waals surface area contributed by atoms with E-state index in [-0.39, 0.29) is 17.8 Å². The first-order valence-corrected chi connectivity index (χ1v) is 8.63. The number of amides is 1. The topological polar surface area (TPSA) is 83.9 Å². The molecule has 1 fully saturated rings. The molecular formula is C19H17FN6O. The van der Waals surface area contributed by atoms with E-state index in [0.717, 1.165) is 18.5 Å². The van der Waals surface area contributed by atoms with E-state index >= 15 is 0 Å². The van der Waals surface area contributed by atoms with Crippen LogP contribution in [0.3, 0.4) is 0 Å². The van der Waals surface area contributed by atoms with Gasteiger partial charge in [0.25, 0.3) is 5.91 Å². The summed E-state index contributed by atoms with van der Waals surface area (Å²) in [7, 11) is 0. The number of hydrogen-bond donors (Lipinski definition) is 1. The lowest BCUT2D eigenvalue weighted by atomic mass is 10.1. The number of rotatable bonds is 4. The average molecular weight is 364 g/mol. The van der Waals surface area contributed by atoms with Gasteiger partial charge in [0.15, 0.2) is 5.82 Å². The summed E-state index contributed by atoms with van der Waals surface area (Å²) < 4.78 is 13.1. The summed E-state index contributed by atoms with van der Waals surface area (Å²) in [5, 5.41) is 3.01. The molecule has 3 heterocycles. The van der Waals surface area contributed by atoms with Gasteiger partial charge in [0, 0.05) is 30.7 Å². The Kier molecular flexibility index (Phi) is 4.69. The molecule has 3 aromatic rings. The van der Waals surface area contributed by atoms with Gasteiger partial charge in [-0.25, -0.2) is 19.3 Å². The molecule has 1 unspecified atom stereocenters. The molecule has 1 amide bonds. The molecule has 27 heavy (non-hydrogen) atoms. The number of nitrogens with one attached hydrogen (secondary N) is 1. The van der Waals surface area contributed by atoms with E-state index < -0.39 is 0 Å². The predicted molar refractivity (Wildman–Crippen MR) is 96.8 cm³/mol. The Morgan fingerprint density at radius 2 is 1.96 bits per heavy atom. The highest BCUT2D eigenvalue weighted by atomic mass is 19.1. The van der Waals surface area contributed by atoms with E-state index in [2.05, 4.69) is 25.3 Å². The molecule has 0 spiro atoms. The zero-order valence-electron chi connectivity index (χ0n) is 14.4. The molecule has 2 aromatic heterocycles. The first-order valence-electron chi connectivity index (χ1n) is 8.63. The largest absolute Gasteiger partial charge is 0.330 e.